The van der Waals surface area contributed by atoms with Gasteiger partial charge in [-0.15, -0.1) is 0 Å². The van der Waals surface area contributed by atoms with Gasteiger partial charge in [-0.25, -0.2) is 9.59 Å². The molecule has 2 aromatic rings. The van der Waals surface area contributed by atoms with Gasteiger partial charge >= 0.3 is 12.1 Å². The van der Waals surface area contributed by atoms with Crippen LogP contribution < -0.4 is 4.74 Å². The fraction of sp³-hybridized carbons (Fsp3) is 0.364. The standard InChI is InChI=1S/C22H25NO5/c1-22(2,3)28-21(26)23-13-12-19(14-23)27-18-10-8-16(9-11-18)15-4-6-17(7-5-15)20(24)25/h4-11,19H,12-14H2,1-3H3,(H,24,25). The lowest BCUT2D eigenvalue weighted by atomic mass is 10.0. The summed E-state index contributed by atoms with van der Waals surface area (Å²) in [5, 5.41) is 8.98. The number of aromatic carboxylic acids is 1. The number of nitrogens with zero attached hydrogens (tertiary/aromatic N) is 1. The average Bonchev–Trinajstić information content (AvgIpc) is 3.10. The van der Waals surface area contributed by atoms with Gasteiger partial charge in [-0.05, 0) is 56.2 Å². The Labute approximate surface area is 164 Å². The molecule has 0 aliphatic carbocycles. The molecule has 6 heteroatoms. The van der Waals surface area contributed by atoms with E-state index in [0.29, 0.717) is 13.1 Å². The molecule has 1 atom stereocenters. The molecule has 1 unspecified atom stereocenters. The number of likely N-dealkylation sites (tertiary alicyclic amines) is 1. The lowest BCUT2D eigenvalue weighted by molar-refractivity contribution is 0.0275. The molecule has 0 bridgehead atoms. The number of carboxylic acid groups (broad SMARTS) is 1. The predicted octanol–water partition coefficient (Wildman–Crippen LogP) is 4.44. The predicted molar refractivity (Wildman–Crippen MR) is 106 cm³/mol. The maximum Gasteiger partial charge on any atom is 0.410 e. The van der Waals surface area contributed by atoms with Crippen molar-refractivity contribution < 1.29 is 24.2 Å². The van der Waals surface area contributed by atoms with Crippen LogP contribution in [0.15, 0.2) is 48.5 Å². The summed E-state index contributed by atoms with van der Waals surface area (Å²) in [6.45, 7) is 6.68. The quantitative estimate of drug-likeness (QED) is 0.845. The van der Waals surface area contributed by atoms with Crippen LogP contribution in [0.1, 0.15) is 37.6 Å². The Morgan fingerprint density at radius 2 is 1.57 bits per heavy atom. The molecule has 0 aromatic heterocycles. The van der Waals surface area contributed by atoms with Crippen molar-refractivity contribution in [3.8, 4) is 16.9 Å². The van der Waals surface area contributed by atoms with E-state index in [1.165, 1.54) is 0 Å². The van der Waals surface area contributed by atoms with Gasteiger partial charge in [0.25, 0.3) is 0 Å². The number of amides is 1. The van der Waals surface area contributed by atoms with Crippen LogP contribution in [0.5, 0.6) is 5.75 Å². The monoisotopic (exact) mass is 383 g/mol. The highest BCUT2D eigenvalue weighted by Crippen LogP contribution is 2.25. The number of carbonyl (C=O) groups excluding carboxylic acids is 1. The number of benzene rings is 2. The van der Waals surface area contributed by atoms with Crippen LogP contribution in [-0.4, -0.2) is 46.9 Å². The summed E-state index contributed by atoms with van der Waals surface area (Å²) in [5.74, 6) is -0.200. The van der Waals surface area contributed by atoms with Crippen molar-refractivity contribution in [3.63, 3.8) is 0 Å². The van der Waals surface area contributed by atoms with Gasteiger partial charge in [-0.3, -0.25) is 0 Å². The number of hydrogen-bond donors (Lipinski definition) is 1. The van der Waals surface area contributed by atoms with E-state index in [9.17, 15) is 9.59 Å². The third kappa shape index (κ3) is 5.03. The number of ether oxygens (including phenoxy) is 2. The van der Waals surface area contributed by atoms with Gasteiger partial charge in [-0.2, -0.15) is 0 Å². The molecule has 28 heavy (non-hydrogen) atoms. The van der Waals surface area contributed by atoms with E-state index < -0.39 is 11.6 Å². The highest BCUT2D eigenvalue weighted by atomic mass is 16.6. The highest BCUT2D eigenvalue weighted by molar-refractivity contribution is 5.88. The third-order valence-electron chi connectivity index (χ3n) is 4.42. The Bertz CT molecular complexity index is 837. The van der Waals surface area contributed by atoms with Crippen molar-refractivity contribution >= 4 is 12.1 Å². The first-order chi connectivity index (χ1) is 13.2. The van der Waals surface area contributed by atoms with Gasteiger partial charge in [0.2, 0.25) is 0 Å². The van der Waals surface area contributed by atoms with Gasteiger partial charge in [0.15, 0.2) is 0 Å². The van der Waals surface area contributed by atoms with Crippen molar-refractivity contribution in [1.82, 2.24) is 4.90 Å². The summed E-state index contributed by atoms with van der Waals surface area (Å²) in [4.78, 5) is 24.8. The van der Waals surface area contributed by atoms with E-state index in [1.54, 1.807) is 29.2 Å². The van der Waals surface area contributed by atoms with Crippen molar-refractivity contribution in [2.75, 3.05) is 13.1 Å². The Morgan fingerprint density at radius 3 is 2.11 bits per heavy atom. The third-order valence-corrected chi connectivity index (χ3v) is 4.42. The van der Waals surface area contributed by atoms with Crippen molar-refractivity contribution in [2.24, 2.45) is 0 Å². The summed E-state index contributed by atoms with van der Waals surface area (Å²) >= 11 is 0. The van der Waals surface area contributed by atoms with Crippen LogP contribution in [-0.2, 0) is 4.74 Å². The molecular weight excluding hydrogens is 358 g/mol. The Hall–Kier alpha value is -3.02. The fourth-order valence-electron chi connectivity index (χ4n) is 3.04. The first kappa shape index (κ1) is 19.7. The SMILES string of the molecule is CC(C)(C)OC(=O)N1CCC(Oc2ccc(-c3ccc(C(=O)O)cc3)cc2)C1. The van der Waals surface area contributed by atoms with Gasteiger partial charge in [-0.1, -0.05) is 24.3 Å². The van der Waals surface area contributed by atoms with E-state index >= 15 is 0 Å². The maximum atomic E-state index is 12.1. The molecule has 2 aromatic carbocycles. The normalized spacial score (nSPS) is 16.7. The minimum atomic E-state index is -0.938. The summed E-state index contributed by atoms with van der Waals surface area (Å²) in [5.41, 5.74) is 1.67. The Kier molecular flexibility index (Phi) is 5.58. The molecule has 3 rings (SSSR count). The number of hydrogen-bond acceptors (Lipinski definition) is 4. The second-order valence-corrected chi connectivity index (χ2v) is 7.86. The molecule has 6 nitrogen and oxygen atoms in total. The minimum absolute atomic E-state index is 0.0618. The molecule has 1 saturated heterocycles. The van der Waals surface area contributed by atoms with Crippen LogP contribution in [0, 0.1) is 0 Å². The largest absolute Gasteiger partial charge is 0.489 e. The van der Waals surface area contributed by atoms with E-state index in [0.717, 1.165) is 23.3 Å². The number of rotatable bonds is 4. The Morgan fingerprint density at radius 1 is 1.00 bits per heavy atom. The number of carbonyl (C=O) groups is 2. The van der Waals surface area contributed by atoms with E-state index in [1.807, 2.05) is 45.0 Å². The van der Waals surface area contributed by atoms with Gasteiger partial charge < -0.3 is 19.5 Å². The molecule has 1 fully saturated rings. The fourth-order valence-corrected chi connectivity index (χ4v) is 3.04. The van der Waals surface area contributed by atoms with Crippen molar-refractivity contribution in [1.29, 1.82) is 0 Å². The zero-order chi connectivity index (χ0) is 20.3. The second kappa shape index (κ2) is 7.92. The molecule has 1 heterocycles. The van der Waals surface area contributed by atoms with Crippen LogP contribution in [0.25, 0.3) is 11.1 Å². The minimum Gasteiger partial charge on any atom is -0.489 e. The topological polar surface area (TPSA) is 76.1 Å². The maximum absolute atomic E-state index is 12.1. The lowest BCUT2D eigenvalue weighted by Crippen LogP contribution is -2.36. The van der Waals surface area contributed by atoms with Crippen molar-refractivity contribution in [3.05, 3.63) is 54.1 Å². The lowest BCUT2D eigenvalue weighted by Gasteiger charge is -2.24. The zero-order valence-electron chi connectivity index (χ0n) is 16.3. The molecule has 1 aliphatic heterocycles. The summed E-state index contributed by atoms with van der Waals surface area (Å²) < 4.78 is 11.4. The summed E-state index contributed by atoms with van der Waals surface area (Å²) in [6, 6.07) is 14.4. The second-order valence-electron chi connectivity index (χ2n) is 7.86. The molecule has 1 amide bonds. The molecule has 148 valence electrons. The smallest absolute Gasteiger partial charge is 0.410 e. The van der Waals surface area contributed by atoms with Crippen LogP contribution in [0.4, 0.5) is 4.79 Å². The average molecular weight is 383 g/mol. The molecule has 1 N–H and O–H groups in total. The molecular formula is C22H25NO5. The van der Waals surface area contributed by atoms with Crippen molar-refractivity contribution in [2.45, 2.75) is 38.9 Å². The molecule has 0 radical (unpaired) electrons. The summed E-state index contributed by atoms with van der Waals surface area (Å²) in [7, 11) is 0. The molecule has 0 spiro atoms. The van der Waals surface area contributed by atoms with Crippen LogP contribution in [0.3, 0.4) is 0 Å². The van der Waals surface area contributed by atoms with E-state index in [4.69, 9.17) is 14.6 Å². The zero-order valence-corrected chi connectivity index (χ0v) is 16.3. The number of carboxylic acids is 1. The van der Waals surface area contributed by atoms with E-state index in [2.05, 4.69) is 0 Å². The Balaban J connectivity index is 1.57. The first-order valence-corrected chi connectivity index (χ1v) is 9.30. The van der Waals surface area contributed by atoms with Crippen LogP contribution >= 0.6 is 0 Å². The van der Waals surface area contributed by atoms with Gasteiger partial charge in [0.1, 0.15) is 17.5 Å². The highest BCUT2D eigenvalue weighted by Gasteiger charge is 2.30. The molecule has 0 saturated carbocycles. The van der Waals surface area contributed by atoms with Gasteiger partial charge in [0, 0.05) is 13.0 Å². The van der Waals surface area contributed by atoms with E-state index in [-0.39, 0.29) is 17.8 Å². The summed E-state index contributed by atoms with van der Waals surface area (Å²) in [6.07, 6.45) is 0.393. The first-order valence-electron chi connectivity index (χ1n) is 9.30. The van der Waals surface area contributed by atoms with Gasteiger partial charge in [0.05, 0.1) is 12.1 Å². The molecule has 1 aliphatic rings. The van der Waals surface area contributed by atoms with Crippen LogP contribution in [0.2, 0.25) is 0 Å².